The number of nitrogens with zero attached hydrogens (tertiary/aromatic N) is 2. The Labute approximate surface area is 69.4 Å². The lowest BCUT2D eigenvalue weighted by atomic mass is 10.2. The van der Waals surface area contributed by atoms with Crippen molar-refractivity contribution in [2.75, 3.05) is 0 Å². The minimum atomic E-state index is 0.304. The van der Waals surface area contributed by atoms with Gasteiger partial charge in [-0.1, -0.05) is 11.6 Å². The van der Waals surface area contributed by atoms with Crippen molar-refractivity contribution < 1.29 is 0 Å². The summed E-state index contributed by atoms with van der Waals surface area (Å²) in [4.78, 5) is 3.75. The first kappa shape index (κ1) is 7.99. The second-order valence-electron chi connectivity index (χ2n) is 2.00. The second kappa shape index (κ2) is 3.33. The molecule has 0 amide bonds. The number of rotatable bonds is 1. The van der Waals surface area contributed by atoms with Crippen LogP contribution in [-0.2, 0) is 6.54 Å². The predicted molar refractivity (Wildman–Crippen MR) is 41.9 cm³/mol. The highest BCUT2D eigenvalue weighted by atomic mass is 35.5. The van der Waals surface area contributed by atoms with E-state index in [1.165, 1.54) is 0 Å². The van der Waals surface area contributed by atoms with Crippen LogP contribution in [0.25, 0.3) is 0 Å². The summed E-state index contributed by atoms with van der Waals surface area (Å²) in [5, 5.41) is 8.78. The molecule has 0 unspecified atom stereocenters. The van der Waals surface area contributed by atoms with E-state index in [9.17, 15) is 0 Å². The SMILES string of the molecule is N#Cc1cc(CN)cc(Cl)n1. The smallest absolute Gasteiger partial charge is 0.142 e. The van der Waals surface area contributed by atoms with E-state index in [0.717, 1.165) is 5.56 Å². The summed E-state index contributed by atoms with van der Waals surface area (Å²) in [6.07, 6.45) is 0. The molecule has 0 saturated carbocycles. The lowest BCUT2D eigenvalue weighted by Gasteiger charge is -1.96. The van der Waals surface area contributed by atoms with Crippen molar-refractivity contribution in [2.45, 2.75) is 6.54 Å². The Morgan fingerprint density at radius 3 is 2.91 bits per heavy atom. The van der Waals surface area contributed by atoms with E-state index in [1.807, 2.05) is 6.07 Å². The zero-order valence-electron chi connectivity index (χ0n) is 5.71. The molecule has 0 atom stereocenters. The van der Waals surface area contributed by atoms with Crippen LogP contribution in [0, 0.1) is 11.3 Å². The standard InChI is InChI=1S/C7H6ClN3/c8-7-2-5(3-9)1-6(4-10)11-7/h1-2H,3,9H2. The number of nitrogens with two attached hydrogens (primary N) is 1. The maximum atomic E-state index is 8.47. The fourth-order valence-corrected chi connectivity index (χ4v) is 0.956. The fraction of sp³-hybridized carbons (Fsp3) is 0.143. The monoisotopic (exact) mass is 167 g/mol. The minimum Gasteiger partial charge on any atom is -0.326 e. The third-order valence-electron chi connectivity index (χ3n) is 1.20. The molecule has 0 radical (unpaired) electrons. The molecule has 56 valence electrons. The molecule has 3 nitrogen and oxygen atoms in total. The van der Waals surface area contributed by atoms with Crippen molar-refractivity contribution in [1.29, 1.82) is 5.26 Å². The maximum Gasteiger partial charge on any atom is 0.142 e. The Balaban J connectivity index is 3.15. The molecule has 4 heteroatoms. The van der Waals surface area contributed by atoms with Gasteiger partial charge in [0.15, 0.2) is 0 Å². The molecular weight excluding hydrogens is 162 g/mol. The molecule has 0 fully saturated rings. The average Bonchev–Trinajstić information content (AvgIpc) is 2.03. The van der Waals surface area contributed by atoms with Crippen molar-refractivity contribution in [2.24, 2.45) is 5.73 Å². The topological polar surface area (TPSA) is 62.7 Å². The van der Waals surface area contributed by atoms with Gasteiger partial charge in [0.2, 0.25) is 0 Å². The Hall–Kier alpha value is -1.11. The Morgan fingerprint density at radius 1 is 1.64 bits per heavy atom. The largest absolute Gasteiger partial charge is 0.326 e. The lowest BCUT2D eigenvalue weighted by Crippen LogP contribution is -1.97. The van der Waals surface area contributed by atoms with E-state index in [1.54, 1.807) is 12.1 Å². The van der Waals surface area contributed by atoms with Crippen molar-refractivity contribution in [3.8, 4) is 6.07 Å². The zero-order chi connectivity index (χ0) is 8.27. The molecule has 0 aliphatic carbocycles. The zero-order valence-corrected chi connectivity index (χ0v) is 6.47. The van der Waals surface area contributed by atoms with Crippen LogP contribution in [0.5, 0.6) is 0 Å². The fourth-order valence-electron chi connectivity index (χ4n) is 0.725. The lowest BCUT2D eigenvalue weighted by molar-refractivity contribution is 1.05. The number of hydrogen-bond acceptors (Lipinski definition) is 3. The van der Waals surface area contributed by atoms with E-state index < -0.39 is 0 Å². The number of hydrogen-bond donors (Lipinski definition) is 1. The Bertz CT molecular complexity index is 303. The molecule has 0 saturated heterocycles. The van der Waals surface area contributed by atoms with Crippen molar-refractivity contribution in [3.05, 3.63) is 28.5 Å². The highest BCUT2D eigenvalue weighted by molar-refractivity contribution is 6.29. The van der Waals surface area contributed by atoms with Crippen molar-refractivity contribution in [1.82, 2.24) is 4.98 Å². The molecule has 2 N–H and O–H groups in total. The van der Waals surface area contributed by atoms with Gasteiger partial charge in [-0.05, 0) is 17.7 Å². The highest BCUT2D eigenvalue weighted by Crippen LogP contribution is 2.09. The van der Waals surface area contributed by atoms with Crippen molar-refractivity contribution in [3.63, 3.8) is 0 Å². The van der Waals surface area contributed by atoms with Gasteiger partial charge < -0.3 is 5.73 Å². The summed E-state index contributed by atoms with van der Waals surface area (Å²) < 4.78 is 0. The summed E-state index contributed by atoms with van der Waals surface area (Å²) in [6.45, 7) is 0.372. The molecule has 0 aromatic carbocycles. The van der Waals surface area contributed by atoms with Gasteiger partial charge in [0.25, 0.3) is 0 Å². The number of nitriles is 1. The number of pyridine rings is 1. The first-order chi connectivity index (χ1) is 5.26. The maximum absolute atomic E-state index is 8.47. The van der Waals surface area contributed by atoms with Gasteiger partial charge in [0.1, 0.15) is 16.9 Å². The third kappa shape index (κ3) is 1.90. The minimum absolute atomic E-state index is 0.304. The van der Waals surface area contributed by atoms with Crippen LogP contribution in [0.1, 0.15) is 11.3 Å². The van der Waals surface area contributed by atoms with Gasteiger partial charge >= 0.3 is 0 Å². The van der Waals surface area contributed by atoms with E-state index >= 15 is 0 Å². The summed E-state index contributed by atoms with van der Waals surface area (Å²) in [6, 6.07) is 5.15. The van der Waals surface area contributed by atoms with Crippen LogP contribution < -0.4 is 5.73 Å². The normalized spacial score (nSPS) is 9.18. The summed E-state index contributed by atoms with van der Waals surface area (Å²) >= 11 is 5.59. The molecule has 1 heterocycles. The quantitative estimate of drug-likeness (QED) is 0.637. The van der Waals surface area contributed by atoms with Gasteiger partial charge in [-0.15, -0.1) is 0 Å². The molecular formula is C7H6ClN3. The molecule has 1 rings (SSSR count). The van der Waals surface area contributed by atoms with Crippen LogP contribution in [0.4, 0.5) is 0 Å². The van der Waals surface area contributed by atoms with Crippen LogP contribution in [0.15, 0.2) is 12.1 Å². The third-order valence-corrected chi connectivity index (χ3v) is 1.40. The number of aromatic nitrogens is 1. The Kier molecular flexibility index (Phi) is 2.42. The number of halogens is 1. The average molecular weight is 168 g/mol. The first-order valence-corrected chi connectivity index (χ1v) is 3.40. The Morgan fingerprint density at radius 2 is 2.36 bits per heavy atom. The summed E-state index contributed by atoms with van der Waals surface area (Å²) in [5.41, 5.74) is 6.47. The second-order valence-corrected chi connectivity index (χ2v) is 2.39. The van der Waals surface area contributed by atoms with Crippen molar-refractivity contribution >= 4 is 11.6 Å². The van der Waals surface area contributed by atoms with Gasteiger partial charge in [-0.2, -0.15) is 5.26 Å². The molecule has 1 aromatic heterocycles. The molecule has 0 aliphatic heterocycles. The predicted octanol–water partition coefficient (Wildman–Crippen LogP) is 1.07. The van der Waals surface area contributed by atoms with E-state index in [-0.39, 0.29) is 0 Å². The van der Waals surface area contributed by atoms with E-state index in [2.05, 4.69) is 4.98 Å². The van der Waals surface area contributed by atoms with Crippen LogP contribution >= 0.6 is 11.6 Å². The van der Waals surface area contributed by atoms with Crippen LogP contribution in [0.3, 0.4) is 0 Å². The molecule has 1 aromatic rings. The van der Waals surface area contributed by atoms with Crippen LogP contribution in [-0.4, -0.2) is 4.98 Å². The first-order valence-electron chi connectivity index (χ1n) is 3.03. The summed E-state index contributed by atoms with van der Waals surface area (Å²) in [7, 11) is 0. The van der Waals surface area contributed by atoms with Gasteiger partial charge in [-0.25, -0.2) is 4.98 Å². The molecule has 0 bridgehead atoms. The van der Waals surface area contributed by atoms with Gasteiger partial charge in [0, 0.05) is 6.54 Å². The van der Waals surface area contributed by atoms with E-state index in [4.69, 9.17) is 22.6 Å². The molecule has 0 aliphatic rings. The molecule has 0 spiro atoms. The van der Waals surface area contributed by atoms with Gasteiger partial charge in [-0.3, -0.25) is 0 Å². The van der Waals surface area contributed by atoms with Gasteiger partial charge in [0.05, 0.1) is 0 Å². The van der Waals surface area contributed by atoms with Crippen LogP contribution in [0.2, 0.25) is 5.15 Å². The molecule has 11 heavy (non-hydrogen) atoms. The van der Waals surface area contributed by atoms with E-state index in [0.29, 0.717) is 17.4 Å². The summed E-state index contributed by atoms with van der Waals surface area (Å²) in [5.74, 6) is 0. The highest BCUT2D eigenvalue weighted by Gasteiger charge is 1.97.